The molecule has 0 radical (unpaired) electrons. The molecular formula is C24H25N3O2S. The van der Waals surface area contributed by atoms with Crippen LogP contribution in [0.5, 0.6) is 5.75 Å². The molecule has 0 N–H and O–H groups in total. The van der Waals surface area contributed by atoms with Crippen LogP contribution in [0.15, 0.2) is 77.1 Å². The predicted octanol–water partition coefficient (Wildman–Crippen LogP) is 4.04. The number of piperazine rings is 1. The van der Waals surface area contributed by atoms with E-state index in [1.807, 2.05) is 36.4 Å². The number of benzene rings is 2. The third kappa shape index (κ3) is 5.20. The number of amides is 1. The summed E-state index contributed by atoms with van der Waals surface area (Å²) < 4.78 is 5.50. The van der Waals surface area contributed by atoms with Crippen molar-refractivity contribution in [1.29, 1.82) is 0 Å². The molecular weight excluding hydrogens is 394 g/mol. The van der Waals surface area contributed by atoms with Crippen LogP contribution >= 0.6 is 11.8 Å². The van der Waals surface area contributed by atoms with Crippen molar-refractivity contribution in [3.8, 4) is 5.75 Å². The molecule has 0 atom stereocenters. The number of rotatable bonds is 6. The van der Waals surface area contributed by atoms with E-state index in [-0.39, 0.29) is 5.91 Å². The lowest BCUT2D eigenvalue weighted by atomic mass is 10.2. The predicted molar refractivity (Wildman–Crippen MR) is 123 cm³/mol. The molecule has 154 valence electrons. The standard InChI is InChI=1S/C24H25N3O2S/c1-2-16-29-21-10-8-19(9-11-21)17-22-23(28)25-24(30-22)27-14-12-26(13-15-27)18-20-6-4-3-5-7-20/h2-11,17H,1,12-16,18H2/b22-17+. The van der Waals surface area contributed by atoms with Crippen molar-refractivity contribution in [3.05, 3.63) is 83.3 Å². The number of hydrogen-bond acceptors (Lipinski definition) is 5. The molecule has 2 aromatic rings. The van der Waals surface area contributed by atoms with E-state index >= 15 is 0 Å². The van der Waals surface area contributed by atoms with Gasteiger partial charge in [-0.25, -0.2) is 0 Å². The van der Waals surface area contributed by atoms with Crippen LogP contribution in [0.3, 0.4) is 0 Å². The van der Waals surface area contributed by atoms with E-state index in [9.17, 15) is 4.79 Å². The second-order valence-electron chi connectivity index (χ2n) is 7.23. The van der Waals surface area contributed by atoms with Crippen LogP contribution in [0.2, 0.25) is 0 Å². The molecule has 0 saturated carbocycles. The smallest absolute Gasteiger partial charge is 0.286 e. The van der Waals surface area contributed by atoms with Gasteiger partial charge in [-0.2, -0.15) is 4.99 Å². The fourth-order valence-corrected chi connectivity index (χ4v) is 4.40. The maximum absolute atomic E-state index is 12.4. The van der Waals surface area contributed by atoms with Gasteiger partial charge in [0.05, 0.1) is 4.91 Å². The number of ether oxygens (including phenoxy) is 1. The number of amidine groups is 1. The first-order valence-electron chi connectivity index (χ1n) is 10.1. The average molecular weight is 420 g/mol. The van der Waals surface area contributed by atoms with Gasteiger partial charge in [0.2, 0.25) is 0 Å². The van der Waals surface area contributed by atoms with E-state index in [1.165, 1.54) is 17.3 Å². The lowest BCUT2D eigenvalue weighted by Crippen LogP contribution is -2.47. The van der Waals surface area contributed by atoms with Crippen LogP contribution in [0.25, 0.3) is 6.08 Å². The van der Waals surface area contributed by atoms with Gasteiger partial charge in [0.25, 0.3) is 5.91 Å². The number of carbonyl (C=O) groups is 1. The summed E-state index contributed by atoms with van der Waals surface area (Å²) in [6, 6.07) is 18.2. The highest BCUT2D eigenvalue weighted by atomic mass is 32.2. The maximum atomic E-state index is 12.4. The molecule has 30 heavy (non-hydrogen) atoms. The first-order valence-corrected chi connectivity index (χ1v) is 10.9. The number of carbonyl (C=O) groups excluding carboxylic acids is 1. The van der Waals surface area contributed by atoms with E-state index in [0.717, 1.165) is 49.2 Å². The quantitative estimate of drug-likeness (QED) is 0.522. The number of nitrogens with zero attached hydrogens (tertiary/aromatic N) is 3. The van der Waals surface area contributed by atoms with Crippen molar-refractivity contribution in [2.24, 2.45) is 4.99 Å². The number of aliphatic imine (C=N–C) groups is 1. The van der Waals surface area contributed by atoms with Crippen molar-refractivity contribution < 1.29 is 9.53 Å². The molecule has 1 amide bonds. The fraction of sp³-hybridized carbons (Fsp3) is 0.250. The second kappa shape index (κ2) is 9.78. The topological polar surface area (TPSA) is 45.1 Å². The largest absolute Gasteiger partial charge is 0.490 e. The molecule has 4 rings (SSSR count). The molecule has 0 unspecified atom stereocenters. The molecule has 2 aliphatic rings. The normalized spacial score (nSPS) is 18.5. The van der Waals surface area contributed by atoms with Crippen LogP contribution in [0.4, 0.5) is 0 Å². The lowest BCUT2D eigenvalue weighted by molar-refractivity contribution is -0.113. The van der Waals surface area contributed by atoms with Crippen molar-refractivity contribution >= 4 is 28.9 Å². The Balaban J connectivity index is 1.32. The van der Waals surface area contributed by atoms with Gasteiger partial charge in [-0.3, -0.25) is 9.69 Å². The summed E-state index contributed by atoms with van der Waals surface area (Å²) >= 11 is 1.47. The Hall–Kier alpha value is -2.83. The van der Waals surface area contributed by atoms with Gasteiger partial charge in [0.1, 0.15) is 12.4 Å². The average Bonchev–Trinajstić information content (AvgIpc) is 3.14. The zero-order valence-corrected chi connectivity index (χ0v) is 17.7. The van der Waals surface area contributed by atoms with Gasteiger partial charge in [-0.15, -0.1) is 0 Å². The minimum Gasteiger partial charge on any atom is -0.490 e. The molecule has 0 aromatic heterocycles. The van der Waals surface area contributed by atoms with Crippen LogP contribution in [0, 0.1) is 0 Å². The number of hydrogen-bond donors (Lipinski definition) is 0. The summed E-state index contributed by atoms with van der Waals surface area (Å²) in [6.07, 6.45) is 3.61. The molecule has 0 spiro atoms. The SMILES string of the molecule is C=CCOc1ccc(/C=C2/SC(N3CCN(Cc4ccccc4)CC3)=NC2=O)cc1. The Morgan fingerprint density at radius 2 is 1.77 bits per heavy atom. The highest BCUT2D eigenvalue weighted by Gasteiger charge is 2.28. The Kier molecular flexibility index (Phi) is 6.67. The summed E-state index contributed by atoms with van der Waals surface area (Å²) in [5.41, 5.74) is 2.29. The van der Waals surface area contributed by atoms with E-state index in [1.54, 1.807) is 6.08 Å². The van der Waals surface area contributed by atoms with Gasteiger partial charge in [-0.05, 0) is 41.1 Å². The van der Waals surface area contributed by atoms with E-state index in [0.29, 0.717) is 11.5 Å². The maximum Gasteiger partial charge on any atom is 0.286 e. The van der Waals surface area contributed by atoms with Crippen molar-refractivity contribution in [1.82, 2.24) is 9.80 Å². The Morgan fingerprint density at radius 1 is 1.03 bits per heavy atom. The molecule has 5 nitrogen and oxygen atoms in total. The highest BCUT2D eigenvalue weighted by molar-refractivity contribution is 8.18. The molecule has 1 fully saturated rings. The van der Waals surface area contributed by atoms with Crippen LogP contribution in [-0.2, 0) is 11.3 Å². The minimum atomic E-state index is -0.159. The second-order valence-corrected chi connectivity index (χ2v) is 8.24. The van der Waals surface area contributed by atoms with Crippen LogP contribution < -0.4 is 4.74 Å². The highest BCUT2D eigenvalue weighted by Crippen LogP contribution is 2.31. The monoisotopic (exact) mass is 419 g/mol. The van der Waals surface area contributed by atoms with Crippen molar-refractivity contribution in [3.63, 3.8) is 0 Å². The minimum absolute atomic E-state index is 0.159. The van der Waals surface area contributed by atoms with Gasteiger partial charge >= 0.3 is 0 Å². The Morgan fingerprint density at radius 3 is 2.47 bits per heavy atom. The van der Waals surface area contributed by atoms with Gasteiger partial charge in [0.15, 0.2) is 5.17 Å². The lowest BCUT2D eigenvalue weighted by Gasteiger charge is -2.35. The third-order valence-corrected chi connectivity index (χ3v) is 6.09. The molecule has 6 heteroatoms. The summed E-state index contributed by atoms with van der Waals surface area (Å²) in [4.78, 5) is 22.0. The van der Waals surface area contributed by atoms with Crippen LogP contribution in [0.1, 0.15) is 11.1 Å². The molecule has 2 aromatic carbocycles. The summed E-state index contributed by atoms with van der Waals surface area (Å²) in [5.74, 6) is 0.626. The van der Waals surface area contributed by atoms with Gasteiger partial charge in [-0.1, -0.05) is 55.1 Å². The zero-order valence-electron chi connectivity index (χ0n) is 16.9. The van der Waals surface area contributed by atoms with Crippen molar-refractivity contribution in [2.45, 2.75) is 6.54 Å². The summed E-state index contributed by atoms with van der Waals surface area (Å²) in [7, 11) is 0. The zero-order chi connectivity index (χ0) is 20.8. The van der Waals surface area contributed by atoms with Crippen molar-refractivity contribution in [2.75, 3.05) is 32.8 Å². The Labute approximate surface area is 181 Å². The molecule has 0 aliphatic carbocycles. The molecule has 2 aliphatic heterocycles. The summed E-state index contributed by atoms with van der Waals surface area (Å²) in [5, 5.41) is 0.816. The third-order valence-electron chi connectivity index (χ3n) is 5.05. The van der Waals surface area contributed by atoms with Crippen LogP contribution in [-0.4, -0.2) is 53.7 Å². The molecule has 0 bridgehead atoms. The summed E-state index contributed by atoms with van der Waals surface area (Å²) in [6.45, 7) is 8.78. The van der Waals surface area contributed by atoms with Gasteiger partial charge < -0.3 is 9.64 Å². The molecule has 1 saturated heterocycles. The van der Waals surface area contributed by atoms with E-state index in [2.05, 4.69) is 45.6 Å². The fourth-order valence-electron chi connectivity index (χ4n) is 3.44. The number of thioether (sulfide) groups is 1. The van der Waals surface area contributed by atoms with E-state index in [4.69, 9.17) is 4.74 Å². The van der Waals surface area contributed by atoms with E-state index < -0.39 is 0 Å². The molecule has 2 heterocycles. The van der Waals surface area contributed by atoms with Gasteiger partial charge in [0, 0.05) is 32.7 Å². The first-order chi connectivity index (χ1) is 14.7. The first kappa shape index (κ1) is 20.4. The Bertz CT molecular complexity index is 946.